The van der Waals surface area contributed by atoms with Crippen molar-refractivity contribution in [1.29, 1.82) is 0 Å². The number of hydrogen-bond acceptors (Lipinski definition) is 0. The molecule has 0 bridgehead atoms. The molecule has 17 heavy (non-hydrogen) atoms. The lowest BCUT2D eigenvalue weighted by Crippen LogP contribution is -1.94. The highest BCUT2D eigenvalue weighted by atomic mass is 14.1. The third kappa shape index (κ3) is 13.9. The van der Waals surface area contributed by atoms with Crippen LogP contribution in [0.4, 0.5) is 0 Å². The Kier molecular flexibility index (Phi) is 12.5. The Morgan fingerprint density at radius 2 is 1.18 bits per heavy atom. The summed E-state index contributed by atoms with van der Waals surface area (Å²) in [6.45, 7) is 11.0. The van der Waals surface area contributed by atoms with Crippen LogP contribution in [0.5, 0.6) is 0 Å². The summed E-state index contributed by atoms with van der Waals surface area (Å²) in [7, 11) is 0. The van der Waals surface area contributed by atoms with E-state index in [0.29, 0.717) is 5.92 Å². The van der Waals surface area contributed by atoms with Crippen LogP contribution in [-0.2, 0) is 0 Å². The van der Waals surface area contributed by atoms with Gasteiger partial charge in [0, 0.05) is 0 Å². The van der Waals surface area contributed by atoms with Gasteiger partial charge in [0.15, 0.2) is 0 Å². The summed E-state index contributed by atoms with van der Waals surface area (Å²) in [6, 6.07) is 0. The molecule has 0 aromatic rings. The summed E-state index contributed by atoms with van der Waals surface area (Å²) in [4.78, 5) is 0. The lowest BCUT2D eigenvalue weighted by atomic mass is 9.96. The van der Waals surface area contributed by atoms with Gasteiger partial charge in [-0.2, -0.15) is 0 Å². The van der Waals surface area contributed by atoms with Crippen LogP contribution in [0.1, 0.15) is 91.4 Å². The van der Waals surface area contributed by atoms with Crippen molar-refractivity contribution < 1.29 is 0 Å². The molecule has 0 aliphatic heterocycles. The van der Waals surface area contributed by atoms with Gasteiger partial charge in [0.1, 0.15) is 0 Å². The summed E-state index contributed by atoms with van der Waals surface area (Å²) in [6.07, 6.45) is 15.6. The van der Waals surface area contributed by atoms with Crippen molar-refractivity contribution in [2.45, 2.75) is 91.4 Å². The van der Waals surface area contributed by atoms with Crippen LogP contribution in [0.15, 0.2) is 0 Å². The van der Waals surface area contributed by atoms with Crippen LogP contribution >= 0.6 is 0 Å². The summed E-state index contributed by atoms with van der Waals surface area (Å²) >= 11 is 0. The molecule has 0 heteroatoms. The van der Waals surface area contributed by atoms with Crippen LogP contribution in [0.25, 0.3) is 0 Å². The Balaban J connectivity index is 3.07. The van der Waals surface area contributed by atoms with Crippen molar-refractivity contribution in [2.24, 2.45) is 11.8 Å². The first-order valence-electron chi connectivity index (χ1n) is 7.99. The SMILES string of the molecule is [CH2]C(C)CCCCCCCCC(C)CCCC. The average Bonchev–Trinajstić information content (AvgIpc) is 2.29. The van der Waals surface area contributed by atoms with Crippen LogP contribution in [0.2, 0.25) is 0 Å². The van der Waals surface area contributed by atoms with E-state index in [-0.39, 0.29) is 0 Å². The summed E-state index contributed by atoms with van der Waals surface area (Å²) in [5, 5.41) is 0. The number of rotatable bonds is 12. The Morgan fingerprint density at radius 1 is 0.706 bits per heavy atom. The smallest absolute Gasteiger partial charge is 0.0443 e. The van der Waals surface area contributed by atoms with Gasteiger partial charge in [0.05, 0.1) is 0 Å². The molecule has 0 nitrogen and oxygen atoms in total. The van der Waals surface area contributed by atoms with Crippen LogP contribution in [0, 0.1) is 18.8 Å². The Hall–Kier alpha value is 0. The van der Waals surface area contributed by atoms with Crippen LogP contribution < -0.4 is 0 Å². The lowest BCUT2D eigenvalue weighted by Gasteiger charge is -2.10. The van der Waals surface area contributed by atoms with Crippen molar-refractivity contribution in [3.8, 4) is 0 Å². The molecule has 0 fully saturated rings. The molecule has 1 radical (unpaired) electrons. The molecule has 0 aliphatic rings. The zero-order chi connectivity index (χ0) is 12.9. The van der Waals surface area contributed by atoms with Gasteiger partial charge < -0.3 is 0 Å². The number of hydrogen-bond donors (Lipinski definition) is 0. The molecule has 0 spiro atoms. The standard InChI is InChI=1S/C17H35/c1-5-6-14-17(4)15-12-10-8-7-9-11-13-16(2)3/h16-17H,2,5-15H2,1,3-4H3. The van der Waals surface area contributed by atoms with E-state index in [9.17, 15) is 0 Å². The van der Waals surface area contributed by atoms with Gasteiger partial charge in [-0.05, 0) is 11.8 Å². The predicted molar refractivity (Wildman–Crippen MR) is 80.1 cm³/mol. The molecule has 0 aromatic heterocycles. The van der Waals surface area contributed by atoms with Crippen LogP contribution in [-0.4, -0.2) is 0 Å². The van der Waals surface area contributed by atoms with Gasteiger partial charge >= 0.3 is 0 Å². The van der Waals surface area contributed by atoms with E-state index in [4.69, 9.17) is 0 Å². The zero-order valence-corrected chi connectivity index (χ0v) is 12.6. The molecule has 2 atom stereocenters. The van der Waals surface area contributed by atoms with Crippen molar-refractivity contribution in [2.75, 3.05) is 0 Å². The second-order valence-corrected chi connectivity index (χ2v) is 6.05. The van der Waals surface area contributed by atoms with Gasteiger partial charge in [0.2, 0.25) is 0 Å². The molecule has 0 aliphatic carbocycles. The van der Waals surface area contributed by atoms with E-state index >= 15 is 0 Å². The minimum Gasteiger partial charge on any atom is -0.0654 e. The lowest BCUT2D eigenvalue weighted by molar-refractivity contribution is 0.440. The van der Waals surface area contributed by atoms with Gasteiger partial charge in [-0.25, -0.2) is 0 Å². The maximum absolute atomic E-state index is 4.03. The fraction of sp³-hybridized carbons (Fsp3) is 0.941. The van der Waals surface area contributed by atoms with Gasteiger partial charge in [0.25, 0.3) is 0 Å². The summed E-state index contributed by atoms with van der Waals surface area (Å²) < 4.78 is 0. The van der Waals surface area contributed by atoms with Gasteiger partial charge in [-0.15, -0.1) is 0 Å². The molecule has 0 amide bonds. The predicted octanol–water partition coefficient (Wildman–Crippen LogP) is 6.40. The minimum absolute atomic E-state index is 0.648. The van der Waals surface area contributed by atoms with Crippen molar-refractivity contribution >= 4 is 0 Å². The van der Waals surface area contributed by atoms with E-state index in [2.05, 4.69) is 27.7 Å². The molecule has 0 rings (SSSR count). The van der Waals surface area contributed by atoms with E-state index in [1.807, 2.05) is 0 Å². The first kappa shape index (κ1) is 17.0. The van der Waals surface area contributed by atoms with Gasteiger partial charge in [-0.1, -0.05) is 98.3 Å². The van der Waals surface area contributed by atoms with Gasteiger partial charge in [-0.3, -0.25) is 0 Å². The average molecular weight is 239 g/mol. The number of unbranched alkanes of at least 4 members (excludes halogenated alkanes) is 6. The van der Waals surface area contributed by atoms with E-state index in [1.54, 1.807) is 0 Å². The monoisotopic (exact) mass is 239 g/mol. The fourth-order valence-electron chi connectivity index (χ4n) is 2.39. The third-order valence-electron chi connectivity index (χ3n) is 3.69. The Morgan fingerprint density at radius 3 is 1.71 bits per heavy atom. The molecule has 0 saturated heterocycles. The summed E-state index contributed by atoms with van der Waals surface area (Å²) in [5.74, 6) is 1.61. The van der Waals surface area contributed by atoms with Crippen molar-refractivity contribution in [3.63, 3.8) is 0 Å². The maximum Gasteiger partial charge on any atom is -0.0443 e. The largest absolute Gasteiger partial charge is 0.0654 e. The second-order valence-electron chi connectivity index (χ2n) is 6.05. The maximum atomic E-state index is 4.03. The van der Waals surface area contributed by atoms with E-state index < -0.39 is 0 Å². The van der Waals surface area contributed by atoms with Crippen molar-refractivity contribution in [1.82, 2.24) is 0 Å². The highest BCUT2D eigenvalue weighted by Gasteiger charge is 2.01. The normalized spacial score (nSPS) is 13.2. The highest BCUT2D eigenvalue weighted by Crippen LogP contribution is 2.17. The highest BCUT2D eigenvalue weighted by molar-refractivity contribution is 4.56. The molecular weight excluding hydrogens is 204 g/mol. The molecule has 0 saturated carbocycles. The quantitative estimate of drug-likeness (QED) is 0.345. The molecule has 103 valence electrons. The van der Waals surface area contributed by atoms with E-state index in [0.717, 1.165) is 5.92 Å². The van der Waals surface area contributed by atoms with E-state index in [1.165, 1.54) is 70.6 Å². The molecule has 2 unspecified atom stereocenters. The zero-order valence-electron chi connectivity index (χ0n) is 12.6. The Labute approximate surface area is 111 Å². The van der Waals surface area contributed by atoms with Crippen LogP contribution in [0.3, 0.4) is 0 Å². The minimum atomic E-state index is 0.648. The van der Waals surface area contributed by atoms with Crippen molar-refractivity contribution in [3.05, 3.63) is 6.92 Å². The molecule has 0 N–H and O–H groups in total. The first-order chi connectivity index (χ1) is 8.16. The third-order valence-corrected chi connectivity index (χ3v) is 3.69. The second kappa shape index (κ2) is 12.5. The first-order valence-corrected chi connectivity index (χ1v) is 7.99. The Bertz CT molecular complexity index is 137. The molecule has 0 heterocycles. The molecule has 0 aromatic carbocycles. The topological polar surface area (TPSA) is 0 Å². The molecular formula is C17H35. The fourth-order valence-corrected chi connectivity index (χ4v) is 2.39. The summed E-state index contributed by atoms with van der Waals surface area (Å²) in [5.41, 5.74) is 0.